The number of aromatic nitrogens is 2. The molecule has 0 aliphatic heterocycles. The van der Waals surface area contributed by atoms with E-state index in [1.165, 1.54) is 5.56 Å². The van der Waals surface area contributed by atoms with Crippen LogP contribution in [-0.4, -0.2) is 17.3 Å². The van der Waals surface area contributed by atoms with Crippen LogP contribution in [0.3, 0.4) is 0 Å². The maximum Gasteiger partial charge on any atom is 0.153 e. The summed E-state index contributed by atoms with van der Waals surface area (Å²) in [4.78, 5) is 0. The van der Waals surface area contributed by atoms with E-state index in [4.69, 9.17) is 10.5 Å². The van der Waals surface area contributed by atoms with E-state index in [0.717, 1.165) is 22.2 Å². The summed E-state index contributed by atoms with van der Waals surface area (Å²) in [7, 11) is 1.62. The Labute approximate surface area is 123 Å². The van der Waals surface area contributed by atoms with E-state index in [9.17, 15) is 0 Å². The highest BCUT2D eigenvalue weighted by atomic mass is 16.5. The summed E-state index contributed by atoms with van der Waals surface area (Å²) >= 11 is 0. The molecule has 0 spiro atoms. The van der Waals surface area contributed by atoms with Crippen molar-refractivity contribution in [1.29, 1.82) is 0 Å². The van der Waals surface area contributed by atoms with E-state index in [2.05, 4.69) is 41.4 Å². The topological polar surface area (TPSA) is 63.9 Å². The average molecular weight is 279 g/mol. The molecule has 0 amide bonds. The molecule has 3 rings (SSSR count). The van der Waals surface area contributed by atoms with Gasteiger partial charge in [0.15, 0.2) is 5.75 Å². The number of hydrogen-bond acceptors (Lipinski definition) is 3. The molecule has 3 N–H and O–H groups in total. The van der Waals surface area contributed by atoms with Gasteiger partial charge in [0.2, 0.25) is 0 Å². The van der Waals surface area contributed by atoms with E-state index in [1.807, 2.05) is 24.3 Å². The molecule has 0 aliphatic carbocycles. The summed E-state index contributed by atoms with van der Waals surface area (Å²) in [5.74, 6) is 0.657. The lowest BCUT2D eigenvalue weighted by atomic mass is 10.1. The standard InChI is InChI=1S/C17H17N3O/c1-11-3-5-12(6-4-11)7-9-14-16-15(20-19-14)10-8-13(18)17(16)21-2/h3-10H,18H2,1-2H3,(H,19,20)/b9-7+. The quantitative estimate of drug-likeness (QED) is 0.719. The lowest BCUT2D eigenvalue weighted by molar-refractivity contribution is 0.422. The number of anilines is 1. The molecule has 0 atom stereocenters. The number of ether oxygens (including phenoxy) is 1. The van der Waals surface area contributed by atoms with Crippen molar-refractivity contribution in [3.63, 3.8) is 0 Å². The Kier molecular flexibility index (Phi) is 3.36. The fourth-order valence-corrected chi connectivity index (χ4v) is 2.32. The summed E-state index contributed by atoms with van der Waals surface area (Å²) in [6.45, 7) is 2.07. The number of nitrogens with zero attached hydrogens (tertiary/aromatic N) is 1. The number of rotatable bonds is 3. The molecule has 21 heavy (non-hydrogen) atoms. The van der Waals surface area contributed by atoms with Gasteiger partial charge in [-0.1, -0.05) is 35.9 Å². The zero-order chi connectivity index (χ0) is 14.8. The second-order valence-corrected chi connectivity index (χ2v) is 4.96. The van der Waals surface area contributed by atoms with Crippen molar-refractivity contribution in [2.45, 2.75) is 6.92 Å². The smallest absolute Gasteiger partial charge is 0.153 e. The Balaban J connectivity index is 2.04. The molecule has 0 saturated heterocycles. The van der Waals surface area contributed by atoms with Crippen molar-refractivity contribution in [2.24, 2.45) is 0 Å². The Hall–Kier alpha value is -2.75. The number of aryl methyl sites for hydroxylation is 1. The summed E-state index contributed by atoms with van der Waals surface area (Å²) < 4.78 is 5.41. The van der Waals surface area contributed by atoms with E-state index < -0.39 is 0 Å². The fourth-order valence-electron chi connectivity index (χ4n) is 2.32. The van der Waals surface area contributed by atoms with Crippen LogP contribution >= 0.6 is 0 Å². The number of benzene rings is 2. The SMILES string of the molecule is COc1c(N)ccc2[nH]nc(/C=C/c3ccc(C)cc3)c12. The molecule has 2 aromatic carbocycles. The molecule has 0 saturated carbocycles. The second-order valence-electron chi connectivity index (χ2n) is 4.96. The van der Waals surface area contributed by atoms with Crippen LogP contribution in [0, 0.1) is 6.92 Å². The predicted molar refractivity (Wildman–Crippen MR) is 87.2 cm³/mol. The molecule has 106 valence electrons. The first kappa shape index (κ1) is 13.2. The average Bonchev–Trinajstić information content (AvgIpc) is 2.90. The van der Waals surface area contributed by atoms with E-state index in [0.29, 0.717) is 11.4 Å². The summed E-state index contributed by atoms with van der Waals surface area (Å²) in [5, 5.41) is 8.23. The largest absolute Gasteiger partial charge is 0.494 e. The molecule has 4 nitrogen and oxygen atoms in total. The number of fused-ring (bicyclic) bond motifs is 1. The highest BCUT2D eigenvalue weighted by Gasteiger charge is 2.11. The minimum atomic E-state index is 0.608. The fraction of sp³-hybridized carbons (Fsp3) is 0.118. The van der Waals surface area contributed by atoms with Crippen molar-refractivity contribution in [3.05, 3.63) is 53.2 Å². The van der Waals surface area contributed by atoms with E-state index >= 15 is 0 Å². The van der Waals surface area contributed by atoms with Crippen LogP contribution in [0.15, 0.2) is 36.4 Å². The van der Waals surface area contributed by atoms with E-state index in [1.54, 1.807) is 7.11 Å². The van der Waals surface area contributed by atoms with Crippen LogP contribution in [0.5, 0.6) is 5.75 Å². The van der Waals surface area contributed by atoms with Crippen LogP contribution in [-0.2, 0) is 0 Å². The van der Waals surface area contributed by atoms with Crippen molar-refractivity contribution < 1.29 is 4.74 Å². The van der Waals surface area contributed by atoms with Gasteiger partial charge >= 0.3 is 0 Å². The number of nitrogens with one attached hydrogen (secondary N) is 1. The molecule has 0 radical (unpaired) electrons. The number of nitrogen functional groups attached to an aromatic ring is 1. The minimum Gasteiger partial charge on any atom is -0.494 e. The lowest BCUT2D eigenvalue weighted by Crippen LogP contribution is -1.92. The molecule has 3 aromatic rings. The van der Waals surface area contributed by atoms with Crippen molar-refractivity contribution >= 4 is 28.7 Å². The summed E-state index contributed by atoms with van der Waals surface area (Å²) in [6, 6.07) is 12.0. The van der Waals surface area contributed by atoms with Crippen molar-refractivity contribution in [2.75, 3.05) is 12.8 Å². The van der Waals surface area contributed by atoms with Gasteiger partial charge in [-0.05, 0) is 30.7 Å². The van der Waals surface area contributed by atoms with Crippen LogP contribution in [0.25, 0.3) is 23.1 Å². The molecular formula is C17H17N3O. The minimum absolute atomic E-state index is 0.608. The van der Waals surface area contributed by atoms with Gasteiger partial charge in [0.1, 0.15) is 0 Å². The second kappa shape index (κ2) is 5.32. The maximum atomic E-state index is 5.96. The van der Waals surface area contributed by atoms with Gasteiger partial charge in [0, 0.05) is 0 Å². The Morgan fingerprint density at radius 1 is 1.10 bits per heavy atom. The number of nitrogens with two attached hydrogens (primary N) is 1. The zero-order valence-corrected chi connectivity index (χ0v) is 12.1. The van der Waals surface area contributed by atoms with Gasteiger partial charge in [-0.3, -0.25) is 5.10 Å². The molecule has 0 fully saturated rings. The zero-order valence-electron chi connectivity index (χ0n) is 12.1. The first-order valence-corrected chi connectivity index (χ1v) is 6.74. The highest BCUT2D eigenvalue weighted by molar-refractivity contribution is 5.97. The van der Waals surface area contributed by atoms with Crippen molar-refractivity contribution in [1.82, 2.24) is 10.2 Å². The molecule has 1 aromatic heterocycles. The summed E-state index contributed by atoms with van der Waals surface area (Å²) in [5.41, 5.74) is 10.7. The molecule has 1 heterocycles. The third kappa shape index (κ3) is 2.48. The van der Waals surface area contributed by atoms with Gasteiger partial charge in [0.05, 0.1) is 29.4 Å². The first-order valence-electron chi connectivity index (χ1n) is 6.74. The van der Waals surface area contributed by atoms with Gasteiger partial charge < -0.3 is 10.5 Å². The summed E-state index contributed by atoms with van der Waals surface area (Å²) in [6.07, 6.45) is 3.99. The van der Waals surface area contributed by atoms with E-state index in [-0.39, 0.29) is 0 Å². The molecule has 0 unspecified atom stereocenters. The maximum absolute atomic E-state index is 5.96. The van der Waals surface area contributed by atoms with Crippen LogP contribution in [0.1, 0.15) is 16.8 Å². The van der Waals surface area contributed by atoms with Crippen LogP contribution < -0.4 is 10.5 Å². The molecule has 4 heteroatoms. The third-order valence-electron chi connectivity index (χ3n) is 3.46. The monoisotopic (exact) mass is 279 g/mol. The highest BCUT2D eigenvalue weighted by Crippen LogP contribution is 2.33. The normalized spacial score (nSPS) is 11.3. The number of hydrogen-bond donors (Lipinski definition) is 2. The van der Waals surface area contributed by atoms with Gasteiger partial charge in [-0.25, -0.2) is 0 Å². The first-order chi connectivity index (χ1) is 10.2. The van der Waals surface area contributed by atoms with Gasteiger partial charge in [-0.2, -0.15) is 5.10 Å². The Bertz CT molecular complexity index is 801. The lowest BCUT2D eigenvalue weighted by Gasteiger charge is -2.05. The molecular weight excluding hydrogens is 262 g/mol. The number of methoxy groups -OCH3 is 1. The Morgan fingerprint density at radius 3 is 2.57 bits per heavy atom. The number of aromatic amines is 1. The molecule has 0 aliphatic rings. The van der Waals surface area contributed by atoms with Crippen molar-refractivity contribution in [3.8, 4) is 5.75 Å². The third-order valence-corrected chi connectivity index (χ3v) is 3.46. The number of H-pyrrole nitrogens is 1. The Morgan fingerprint density at radius 2 is 1.86 bits per heavy atom. The van der Waals surface area contributed by atoms with Crippen LogP contribution in [0.2, 0.25) is 0 Å². The van der Waals surface area contributed by atoms with Crippen LogP contribution in [0.4, 0.5) is 5.69 Å². The molecule has 0 bridgehead atoms. The van der Waals surface area contributed by atoms with Gasteiger partial charge in [-0.15, -0.1) is 0 Å². The van der Waals surface area contributed by atoms with Gasteiger partial charge in [0.25, 0.3) is 0 Å². The predicted octanol–water partition coefficient (Wildman–Crippen LogP) is 3.63.